The molecule has 0 aliphatic heterocycles. The van der Waals surface area contributed by atoms with Gasteiger partial charge in [-0.25, -0.2) is 4.39 Å². The normalized spacial score (nSPS) is 12.7. The topological polar surface area (TPSA) is 26.3 Å². The molecule has 0 heterocycles. The summed E-state index contributed by atoms with van der Waals surface area (Å²) in [5, 5.41) is 0. The molecule has 120 valence electrons. The van der Waals surface area contributed by atoms with Crippen molar-refractivity contribution >= 4 is 24.8 Å². The van der Waals surface area contributed by atoms with Crippen LogP contribution in [0.5, 0.6) is 0 Å². The van der Waals surface area contributed by atoms with Gasteiger partial charge in [-0.05, 0) is 19.0 Å². The Labute approximate surface area is 128 Å². The Kier molecular flexibility index (Phi) is 10.3. The Bertz CT molecular complexity index is 284. The van der Waals surface area contributed by atoms with E-state index < -0.39 is 24.8 Å². The van der Waals surface area contributed by atoms with E-state index in [1.54, 1.807) is 0 Å². The van der Waals surface area contributed by atoms with Crippen molar-refractivity contribution in [2.45, 2.75) is 69.4 Å². The summed E-state index contributed by atoms with van der Waals surface area (Å²) in [7, 11) is -3.59. The van der Waals surface area contributed by atoms with Crippen LogP contribution in [-0.2, 0) is 9.20 Å². The van der Waals surface area contributed by atoms with Gasteiger partial charge in [0.2, 0.25) is 0 Å². The molecule has 0 amide bonds. The second-order valence-electron chi connectivity index (χ2n) is 7.44. The molecule has 0 saturated carbocycles. The zero-order valence-corrected chi connectivity index (χ0v) is 17.1. The van der Waals surface area contributed by atoms with E-state index in [-0.39, 0.29) is 13.3 Å². The minimum atomic E-state index is -1.29. The van der Waals surface area contributed by atoms with Crippen LogP contribution in [0.3, 0.4) is 0 Å². The van der Waals surface area contributed by atoms with Gasteiger partial charge in [0.15, 0.2) is 0 Å². The Balaban J connectivity index is 3.91. The minimum Gasteiger partial charge on any atom is -0.389 e. The molecule has 20 heavy (non-hydrogen) atoms. The molecule has 0 aromatic rings. The van der Waals surface area contributed by atoms with Crippen molar-refractivity contribution in [3.05, 3.63) is 0 Å². The molecule has 0 aromatic heterocycles. The van der Waals surface area contributed by atoms with Gasteiger partial charge in [-0.3, -0.25) is 0 Å². The van der Waals surface area contributed by atoms with Crippen LogP contribution in [0, 0.1) is 0 Å². The average Bonchev–Trinajstić information content (AvgIpc) is 2.34. The molecule has 0 aliphatic carbocycles. The summed E-state index contributed by atoms with van der Waals surface area (Å²) >= 11 is 0. The van der Waals surface area contributed by atoms with Gasteiger partial charge in [0.25, 0.3) is 8.68 Å². The van der Waals surface area contributed by atoms with Gasteiger partial charge in [0.05, 0.1) is 6.61 Å². The highest BCUT2D eigenvalue weighted by Gasteiger charge is 2.27. The maximum Gasteiger partial charge on any atom is 0.273 e. The first kappa shape index (κ1) is 20.3. The maximum atomic E-state index is 11.9. The van der Waals surface area contributed by atoms with Gasteiger partial charge in [0, 0.05) is 22.8 Å². The summed E-state index contributed by atoms with van der Waals surface area (Å²) in [6.45, 7) is 12.2. The fourth-order valence-electron chi connectivity index (χ4n) is 2.25. The number of halogens is 1. The van der Waals surface area contributed by atoms with Crippen molar-refractivity contribution in [1.29, 1.82) is 0 Å². The van der Waals surface area contributed by atoms with Gasteiger partial charge in [-0.2, -0.15) is 0 Å². The first-order valence-electron chi connectivity index (χ1n) is 7.82. The third kappa shape index (κ3) is 12.1. The van der Waals surface area contributed by atoms with Crippen LogP contribution in [0.15, 0.2) is 0 Å². The summed E-state index contributed by atoms with van der Waals surface area (Å²) in [5.41, 5.74) is 0. The van der Waals surface area contributed by atoms with E-state index in [9.17, 15) is 8.85 Å². The fraction of sp³-hybridized carbons (Fsp3) is 1.00. The van der Waals surface area contributed by atoms with E-state index in [0.29, 0.717) is 6.61 Å². The van der Waals surface area contributed by atoms with Crippen LogP contribution in [0.2, 0.25) is 63.0 Å². The highest BCUT2D eigenvalue weighted by atomic mass is 28.3. The third-order valence-corrected chi connectivity index (χ3v) is 12.5. The molecule has 0 unspecified atom stereocenters. The van der Waals surface area contributed by atoms with Crippen molar-refractivity contribution in [2.24, 2.45) is 0 Å². The Morgan fingerprint density at radius 3 is 2.00 bits per heavy atom. The average molecular weight is 337 g/mol. The molecular weight excluding hydrogens is 303 g/mol. The molecule has 0 spiro atoms. The summed E-state index contributed by atoms with van der Waals surface area (Å²) in [6, 6.07) is 6.18. The van der Waals surface area contributed by atoms with Gasteiger partial charge in [0.1, 0.15) is 6.67 Å². The second-order valence-corrected chi connectivity index (χ2v) is 20.0. The number of alkyl halides is 1. The van der Waals surface area contributed by atoms with Crippen molar-refractivity contribution in [3.63, 3.8) is 0 Å². The van der Waals surface area contributed by atoms with Crippen LogP contribution in [-0.4, -0.2) is 44.7 Å². The van der Waals surface area contributed by atoms with E-state index in [1.165, 1.54) is 24.2 Å². The highest BCUT2D eigenvalue weighted by Crippen LogP contribution is 2.27. The first-order chi connectivity index (χ1) is 9.18. The largest absolute Gasteiger partial charge is 0.389 e. The van der Waals surface area contributed by atoms with E-state index in [1.807, 2.05) is 6.55 Å². The molecule has 0 rings (SSSR count). The lowest BCUT2D eigenvalue weighted by molar-refractivity contribution is 0.119. The predicted molar refractivity (Wildman–Crippen MR) is 92.7 cm³/mol. The van der Waals surface area contributed by atoms with Gasteiger partial charge < -0.3 is 9.20 Å². The molecule has 0 aromatic carbocycles. The van der Waals surface area contributed by atoms with Crippen molar-refractivity contribution in [3.8, 4) is 0 Å². The fourth-order valence-corrected chi connectivity index (χ4v) is 13.4. The summed E-state index contributed by atoms with van der Waals surface area (Å²) < 4.78 is 28.4. The van der Waals surface area contributed by atoms with Gasteiger partial charge >= 0.3 is 0 Å². The summed E-state index contributed by atoms with van der Waals surface area (Å²) in [6.07, 6.45) is 1.07. The zero-order valence-electron chi connectivity index (χ0n) is 14.1. The van der Waals surface area contributed by atoms with Crippen LogP contribution in [0.1, 0.15) is 6.42 Å². The predicted octanol–water partition coefficient (Wildman–Crippen LogP) is 4.83. The monoisotopic (exact) mass is 336 g/mol. The Morgan fingerprint density at radius 2 is 1.50 bits per heavy atom. The van der Waals surface area contributed by atoms with Gasteiger partial charge in [-0.15, -0.1) is 0 Å². The lowest BCUT2D eigenvalue weighted by atomic mass is 10.5. The third-order valence-electron chi connectivity index (χ3n) is 4.00. The smallest absolute Gasteiger partial charge is 0.273 e. The van der Waals surface area contributed by atoms with Crippen LogP contribution in [0.4, 0.5) is 4.39 Å². The summed E-state index contributed by atoms with van der Waals surface area (Å²) in [5.74, 6) is 0. The van der Waals surface area contributed by atoms with Crippen LogP contribution in [0.25, 0.3) is 0 Å². The molecule has 0 fully saturated rings. The van der Waals surface area contributed by atoms with Gasteiger partial charge in [-0.1, -0.05) is 50.4 Å². The number of hydrogen-bond acceptors (Lipinski definition) is 2. The molecule has 0 bridgehead atoms. The Morgan fingerprint density at radius 1 is 0.950 bits per heavy atom. The lowest BCUT2D eigenvalue weighted by Crippen LogP contribution is -2.32. The lowest BCUT2D eigenvalue weighted by Gasteiger charge is -2.28. The number of hydrogen-bond donors (Lipinski definition) is 0. The molecule has 0 atom stereocenters. The van der Waals surface area contributed by atoms with E-state index in [4.69, 9.17) is 4.74 Å². The standard InChI is InChI=1S/C14H33FO2Si3/c1-18(16)10-12-20(4,5)14-13-19(2,3)11-6-8-17-9-7-15/h6-14H2,1-5H3. The number of ether oxygens (including phenoxy) is 1. The summed E-state index contributed by atoms with van der Waals surface area (Å²) in [4.78, 5) is 0. The Hall–Kier alpha value is 0.341. The van der Waals surface area contributed by atoms with Crippen LogP contribution >= 0.6 is 0 Å². The maximum absolute atomic E-state index is 11.9. The molecular formula is C14H33FO2Si3. The molecule has 0 N–H and O–H groups in total. The van der Waals surface area contributed by atoms with Crippen molar-refractivity contribution in [2.75, 3.05) is 19.9 Å². The van der Waals surface area contributed by atoms with Crippen LogP contribution < -0.4 is 0 Å². The van der Waals surface area contributed by atoms with E-state index in [2.05, 4.69) is 26.2 Å². The highest BCUT2D eigenvalue weighted by molar-refractivity contribution is 6.83. The van der Waals surface area contributed by atoms with E-state index >= 15 is 0 Å². The quantitative estimate of drug-likeness (QED) is 0.377. The minimum absolute atomic E-state index is 0.248. The molecule has 6 heteroatoms. The molecule has 0 saturated heterocycles. The SMILES string of the molecule is C[Si](=O)CC[Si](C)(C)CC[Si](C)(C)CCCOCCF. The first-order valence-corrected chi connectivity index (χ1v) is 16.8. The van der Waals surface area contributed by atoms with Crippen molar-refractivity contribution < 1.29 is 13.6 Å². The second kappa shape index (κ2) is 10.1. The van der Waals surface area contributed by atoms with E-state index in [0.717, 1.165) is 12.5 Å². The number of rotatable bonds is 12. The zero-order chi connectivity index (χ0) is 15.6. The molecule has 0 radical (unpaired) electrons. The van der Waals surface area contributed by atoms with Crippen molar-refractivity contribution in [1.82, 2.24) is 0 Å². The molecule has 2 nitrogen and oxygen atoms in total. The molecule has 0 aliphatic rings.